The first-order valence-corrected chi connectivity index (χ1v) is 9.06. The van der Waals surface area contributed by atoms with Crippen LogP contribution in [-0.4, -0.2) is 37.4 Å². The molecule has 0 amide bonds. The van der Waals surface area contributed by atoms with Gasteiger partial charge in [0.2, 0.25) is 0 Å². The van der Waals surface area contributed by atoms with Crippen molar-refractivity contribution in [3.63, 3.8) is 0 Å². The minimum absolute atomic E-state index is 0.0489. The average Bonchev–Trinajstić information content (AvgIpc) is 2.47. The number of ether oxygens (including phenoxy) is 1. The lowest BCUT2D eigenvalue weighted by atomic mass is 10.1. The highest BCUT2D eigenvalue weighted by atomic mass is 32.2. The molecule has 1 N–H and O–H groups in total. The van der Waals surface area contributed by atoms with E-state index in [-0.39, 0.29) is 12.6 Å². The van der Waals surface area contributed by atoms with Crippen molar-refractivity contribution in [1.82, 2.24) is 14.0 Å². The highest BCUT2D eigenvalue weighted by Gasteiger charge is 2.29. The second-order valence-electron chi connectivity index (χ2n) is 5.83. The summed E-state index contributed by atoms with van der Waals surface area (Å²) < 4.78 is 34.5. The third kappa shape index (κ3) is 3.59. The van der Waals surface area contributed by atoms with E-state index in [0.29, 0.717) is 12.2 Å². The van der Waals surface area contributed by atoms with Crippen LogP contribution in [0.2, 0.25) is 0 Å². The van der Waals surface area contributed by atoms with Gasteiger partial charge in [0.05, 0.1) is 19.3 Å². The van der Waals surface area contributed by atoms with Gasteiger partial charge in [-0.05, 0) is 33.6 Å². The Labute approximate surface area is 133 Å². The zero-order valence-corrected chi connectivity index (χ0v) is 14.5. The third-order valence-corrected chi connectivity index (χ3v) is 5.89. The van der Waals surface area contributed by atoms with Gasteiger partial charge in [-0.1, -0.05) is 6.42 Å². The molecule has 0 aliphatic carbocycles. The van der Waals surface area contributed by atoms with Crippen molar-refractivity contribution in [3.8, 4) is 5.75 Å². The molecule has 2 heterocycles. The van der Waals surface area contributed by atoms with Gasteiger partial charge in [0.25, 0.3) is 10.2 Å². The van der Waals surface area contributed by atoms with Crippen LogP contribution in [0.15, 0.2) is 6.20 Å². The standard InChI is InChI=1S/C15H25N3O3S/c1-11-9-16-14(13(3)15(11)21-4)10-17-22(19,20)18-8-6-5-7-12(18)2/h9,12,17H,5-8,10H2,1-4H3/t12-/m0/s1. The van der Waals surface area contributed by atoms with Crippen LogP contribution in [0.25, 0.3) is 0 Å². The molecule has 0 aromatic carbocycles. The molecule has 1 atom stereocenters. The zero-order valence-electron chi connectivity index (χ0n) is 13.7. The molecule has 6 nitrogen and oxygen atoms in total. The Balaban J connectivity index is 2.12. The fourth-order valence-electron chi connectivity index (χ4n) is 2.92. The number of rotatable bonds is 5. The van der Waals surface area contributed by atoms with Crippen molar-refractivity contribution in [2.45, 2.75) is 52.6 Å². The molecule has 0 unspecified atom stereocenters. The van der Waals surface area contributed by atoms with Gasteiger partial charge in [-0.25, -0.2) is 0 Å². The first kappa shape index (κ1) is 17.2. The van der Waals surface area contributed by atoms with Crippen LogP contribution >= 0.6 is 0 Å². The molecular formula is C15H25N3O3S. The molecular weight excluding hydrogens is 302 g/mol. The van der Waals surface area contributed by atoms with E-state index in [4.69, 9.17) is 4.74 Å². The highest BCUT2D eigenvalue weighted by molar-refractivity contribution is 7.87. The van der Waals surface area contributed by atoms with Crippen molar-refractivity contribution in [2.24, 2.45) is 0 Å². The van der Waals surface area contributed by atoms with E-state index >= 15 is 0 Å². The normalized spacial score (nSPS) is 20.1. The fourth-order valence-corrected chi connectivity index (χ4v) is 4.35. The minimum atomic E-state index is -3.47. The van der Waals surface area contributed by atoms with Crippen molar-refractivity contribution >= 4 is 10.2 Å². The monoisotopic (exact) mass is 327 g/mol. The van der Waals surface area contributed by atoms with Crippen molar-refractivity contribution in [1.29, 1.82) is 0 Å². The molecule has 1 aromatic heterocycles. The Hall–Kier alpha value is -1.18. The van der Waals surface area contributed by atoms with Gasteiger partial charge < -0.3 is 4.74 Å². The zero-order chi connectivity index (χ0) is 16.3. The van der Waals surface area contributed by atoms with Gasteiger partial charge in [0, 0.05) is 29.9 Å². The van der Waals surface area contributed by atoms with Gasteiger partial charge in [-0.15, -0.1) is 0 Å². The quantitative estimate of drug-likeness (QED) is 0.897. The van der Waals surface area contributed by atoms with Crippen LogP contribution in [0.1, 0.15) is 43.0 Å². The lowest BCUT2D eigenvalue weighted by Crippen LogP contribution is -2.47. The second-order valence-corrected chi connectivity index (χ2v) is 7.54. The van der Waals surface area contributed by atoms with Crippen molar-refractivity contribution < 1.29 is 13.2 Å². The lowest BCUT2D eigenvalue weighted by molar-refractivity contribution is 0.265. The summed E-state index contributed by atoms with van der Waals surface area (Å²) in [7, 11) is -1.86. The summed E-state index contributed by atoms with van der Waals surface area (Å²) >= 11 is 0. The topological polar surface area (TPSA) is 71.5 Å². The van der Waals surface area contributed by atoms with E-state index in [1.165, 1.54) is 0 Å². The maximum Gasteiger partial charge on any atom is 0.280 e. The van der Waals surface area contributed by atoms with E-state index in [2.05, 4.69) is 9.71 Å². The molecule has 1 aliphatic rings. The first-order chi connectivity index (χ1) is 10.4. The summed E-state index contributed by atoms with van der Waals surface area (Å²) in [6, 6.07) is 0.0489. The number of hydrogen-bond donors (Lipinski definition) is 1. The van der Waals surface area contributed by atoms with E-state index in [9.17, 15) is 8.42 Å². The van der Waals surface area contributed by atoms with Crippen LogP contribution in [0, 0.1) is 13.8 Å². The molecule has 124 valence electrons. The molecule has 0 bridgehead atoms. The number of hydrogen-bond acceptors (Lipinski definition) is 4. The van der Waals surface area contributed by atoms with Crippen LogP contribution in [-0.2, 0) is 16.8 Å². The molecule has 1 aromatic rings. The molecule has 0 saturated carbocycles. The first-order valence-electron chi connectivity index (χ1n) is 7.62. The van der Waals surface area contributed by atoms with E-state index < -0.39 is 10.2 Å². The Morgan fingerprint density at radius 3 is 2.77 bits per heavy atom. The van der Waals surface area contributed by atoms with Gasteiger partial charge in [-0.3, -0.25) is 4.98 Å². The molecule has 22 heavy (non-hydrogen) atoms. The molecule has 1 saturated heterocycles. The number of pyridine rings is 1. The van der Waals surface area contributed by atoms with Crippen LogP contribution in [0.3, 0.4) is 0 Å². The summed E-state index contributed by atoms with van der Waals surface area (Å²) in [5, 5.41) is 0. The summed E-state index contributed by atoms with van der Waals surface area (Å²) in [6.07, 6.45) is 4.62. The number of nitrogens with one attached hydrogen (secondary N) is 1. The summed E-state index contributed by atoms with van der Waals surface area (Å²) in [4.78, 5) is 4.33. The second kappa shape index (κ2) is 6.93. The largest absolute Gasteiger partial charge is 0.496 e. The molecule has 0 spiro atoms. The van der Waals surface area contributed by atoms with Crippen LogP contribution < -0.4 is 9.46 Å². The van der Waals surface area contributed by atoms with Gasteiger partial charge in [0.1, 0.15) is 5.75 Å². The minimum Gasteiger partial charge on any atom is -0.496 e. The maximum atomic E-state index is 12.5. The van der Waals surface area contributed by atoms with Crippen molar-refractivity contribution in [3.05, 3.63) is 23.0 Å². The average molecular weight is 327 g/mol. The molecule has 7 heteroatoms. The summed E-state index contributed by atoms with van der Waals surface area (Å²) in [5.41, 5.74) is 2.50. The Bertz CT molecular complexity index is 631. The Morgan fingerprint density at radius 1 is 1.41 bits per heavy atom. The summed E-state index contributed by atoms with van der Waals surface area (Å²) in [5.74, 6) is 0.760. The number of aromatic nitrogens is 1. The van der Waals surface area contributed by atoms with E-state index in [1.54, 1.807) is 17.6 Å². The van der Waals surface area contributed by atoms with Gasteiger partial charge in [0.15, 0.2) is 0 Å². The molecule has 1 fully saturated rings. The molecule has 1 aliphatic heterocycles. The van der Waals surface area contributed by atoms with E-state index in [0.717, 1.165) is 36.1 Å². The SMILES string of the molecule is COc1c(C)cnc(CNS(=O)(=O)N2CCCC[C@@H]2C)c1C. The summed E-state index contributed by atoms with van der Waals surface area (Å²) in [6.45, 7) is 6.53. The highest BCUT2D eigenvalue weighted by Crippen LogP contribution is 2.24. The third-order valence-electron chi connectivity index (χ3n) is 4.22. The molecule has 0 radical (unpaired) electrons. The number of aryl methyl sites for hydroxylation is 1. The number of nitrogens with zero attached hydrogens (tertiary/aromatic N) is 2. The van der Waals surface area contributed by atoms with Crippen molar-refractivity contribution in [2.75, 3.05) is 13.7 Å². The number of piperidine rings is 1. The van der Waals surface area contributed by atoms with Gasteiger partial charge >= 0.3 is 0 Å². The fraction of sp³-hybridized carbons (Fsp3) is 0.667. The van der Waals surface area contributed by atoms with Gasteiger partial charge in [-0.2, -0.15) is 17.4 Å². The van der Waals surface area contributed by atoms with E-state index in [1.807, 2.05) is 20.8 Å². The Morgan fingerprint density at radius 2 is 2.14 bits per heavy atom. The van der Waals surface area contributed by atoms with Crippen LogP contribution in [0.4, 0.5) is 0 Å². The van der Waals surface area contributed by atoms with Crippen LogP contribution in [0.5, 0.6) is 5.75 Å². The number of methoxy groups -OCH3 is 1. The predicted molar refractivity (Wildman–Crippen MR) is 86.0 cm³/mol. The maximum absolute atomic E-state index is 12.5. The smallest absolute Gasteiger partial charge is 0.280 e. The Kier molecular flexibility index (Phi) is 5.41. The predicted octanol–water partition coefficient (Wildman–Crippen LogP) is 1.92. The lowest BCUT2D eigenvalue weighted by Gasteiger charge is -2.32. The molecule has 2 rings (SSSR count).